The van der Waals surface area contributed by atoms with Crippen LogP contribution < -0.4 is 0 Å². The first-order valence-corrected chi connectivity index (χ1v) is 43.3. The van der Waals surface area contributed by atoms with E-state index < -0.39 is 33.2 Å². The second-order valence-corrected chi connectivity index (χ2v) is 34.9. The Kier molecular flexibility index (Phi) is 24.1. The summed E-state index contributed by atoms with van der Waals surface area (Å²) in [5.74, 6) is 37.3. The van der Waals surface area contributed by atoms with E-state index in [1.165, 1.54) is 54.7 Å². The Hall–Kier alpha value is -16.8. The lowest BCUT2D eigenvalue weighted by molar-refractivity contribution is -0.193. The molecule has 0 N–H and O–H groups in total. The van der Waals surface area contributed by atoms with Crippen molar-refractivity contribution in [3.8, 4) is 71.0 Å². The van der Waals surface area contributed by atoms with Crippen LogP contribution in [0.15, 0.2) is 255 Å². The summed E-state index contributed by atoms with van der Waals surface area (Å²) in [6.45, 7) is 17.9. The Morgan fingerprint density at radius 3 is 0.903 bits per heavy atom. The fourth-order valence-corrected chi connectivity index (χ4v) is 23.9. The van der Waals surface area contributed by atoms with E-state index in [0.717, 1.165) is 94.6 Å². The fourth-order valence-electron chi connectivity index (χ4n) is 23.9. The Morgan fingerprint density at radius 1 is 0.284 bits per heavy atom. The summed E-state index contributed by atoms with van der Waals surface area (Å²) < 4.78 is 16.5. The van der Waals surface area contributed by atoms with Gasteiger partial charge >= 0.3 is 36.4 Å². The average Bonchev–Trinajstić information content (AvgIpc) is 1.43. The molecule has 0 amide bonds. The standard InChI is InChI=1S/C39H28O4.2C38H28O3.3CO2/c1-5-10-26-20-19-25(18-17-24-12-9-14-28(22-24)35(41)34(40)27-13-8-11-23(2)21-27)31-32(26)39(37(42)43-4)36-30-16-7-6-15-29(30)33(31)38(36,39)3;1-5-10-26-20-19-25(18-17-24-12-9-14-28(22-24)34(39)27-13-8-11-23(2)21-27)31-32(26)38(36(40)41-4)35-30-16-7-6-15-29(30)33(31)37(35,38)3;1-5-10-26-20-19-25(18-17-24-12-9-14-28(22-24)34(39)27-13-8-11-23(2)21-27)31-32(26)37(3)35-30-16-7-6-15-29(30)33(31)38(35,37)36(40)41-4;3*2-1-3/h6-9,11-16,19-22,33,36H,1-4H3;2*6-9,11-16,19-22,33,35H,1-4H3;;;/t33?,36?,38-,39+;2*33?,35?,37-,38+;;;/m111.../s1. The van der Waals surface area contributed by atoms with Crippen LogP contribution in [0.4, 0.5) is 0 Å². The number of aryl methyl sites for hydroxylation is 3. The Bertz CT molecular complexity index is 7620. The van der Waals surface area contributed by atoms with E-state index in [0.29, 0.717) is 38.9 Å². The first-order chi connectivity index (χ1) is 64.8. The minimum atomic E-state index is -0.810. The molecule has 0 bridgehead atoms. The summed E-state index contributed by atoms with van der Waals surface area (Å²) in [7, 11) is 4.43. The number of hydrogen-bond acceptors (Lipinski definition) is 16. The number of carbonyl (C=O) groups excluding carboxylic acids is 13. The third-order valence-corrected chi connectivity index (χ3v) is 28.6. The topological polar surface area (TPSA) is 250 Å². The van der Waals surface area contributed by atoms with Gasteiger partial charge in [0.25, 0.3) is 0 Å². The zero-order valence-electron chi connectivity index (χ0n) is 75.2. The number of fused-ring (bicyclic) bond motifs is 21. The second kappa shape index (κ2) is 35.6. The third kappa shape index (κ3) is 13.6. The summed E-state index contributed by atoms with van der Waals surface area (Å²) in [5, 5.41) is 0. The van der Waals surface area contributed by atoms with E-state index in [4.69, 9.17) is 43.0 Å². The molecule has 0 aromatic heterocycles. The summed E-state index contributed by atoms with van der Waals surface area (Å²) in [4.78, 5) is 142. The van der Waals surface area contributed by atoms with Crippen molar-refractivity contribution in [1.82, 2.24) is 0 Å². The van der Waals surface area contributed by atoms with Gasteiger partial charge in [0.15, 0.2) is 11.6 Å². The molecule has 0 spiro atoms. The summed E-state index contributed by atoms with van der Waals surface area (Å²) in [6.07, 6.45) is 0.750. The molecule has 12 aromatic carbocycles. The van der Waals surface area contributed by atoms with Gasteiger partial charge in [-0.25, -0.2) is 0 Å². The van der Waals surface area contributed by atoms with Crippen LogP contribution in [0.5, 0.6) is 0 Å². The Morgan fingerprint density at radius 2 is 0.560 bits per heavy atom. The molecule has 134 heavy (non-hydrogen) atoms. The predicted molar refractivity (Wildman–Crippen MR) is 497 cm³/mol. The number of ketones is 4. The highest BCUT2D eigenvalue weighted by atomic mass is 16.5. The van der Waals surface area contributed by atoms with Crippen molar-refractivity contribution in [3.05, 3.63) is 422 Å². The van der Waals surface area contributed by atoms with Gasteiger partial charge in [-0.1, -0.05) is 255 Å². The van der Waals surface area contributed by atoms with Gasteiger partial charge in [-0.05, 0) is 199 Å². The Balaban J connectivity index is 0.000000140. The quantitative estimate of drug-likeness (QED) is 0.0406. The van der Waals surface area contributed by atoms with Crippen LogP contribution in [0, 0.1) is 108 Å². The van der Waals surface area contributed by atoms with Crippen LogP contribution in [0.2, 0.25) is 0 Å². The number of hydrogen-bond donors (Lipinski definition) is 0. The number of rotatable bonds is 10. The largest absolute Gasteiger partial charge is 0.469 e. The van der Waals surface area contributed by atoms with Crippen LogP contribution in [0.1, 0.15) is 263 Å². The van der Waals surface area contributed by atoms with Crippen molar-refractivity contribution in [2.24, 2.45) is 16.2 Å². The number of Topliss-reactive ketones (excluding diaryl/α,β-unsaturated/α-hetero) is 2. The SMILES string of the molecule is CC#Cc1ccc(C#Cc2cccc(C(=O)C(=O)c3cccc(C)c3)c2)c2c1[C@@]1(C(=O)OC)C3c4ccccc4C2[C@]31C.CC#Cc1ccc(C#Cc2cccc(C(=O)c3cccc(C)c3)c2)c2c1[C@@]1(C(=O)OC)C3c4ccccc4C2[C@]31C.CC#Cc1ccc(C#Cc2cccc(C(=O)c3cccc(C)c3)c2)c2c1[C@]1(C)C3c4ccccc4C2[C@@]31C(=O)OC.O=C=O.O=C=O.O=C=O. The molecule has 12 aromatic rings. The van der Waals surface area contributed by atoms with E-state index in [-0.39, 0.29) is 94.3 Å². The fraction of sp³-hybridized carbons (Fsp3) is 0.203. The van der Waals surface area contributed by atoms with Crippen molar-refractivity contribution in [3.63, 3.8) is 0 Å². The number of ether oxygens (including phenoxy) is 3. The molecule has 16 nitrogen and oxygen atoms in total. The molecule has 16 heteroatoms. The normalized spacial score (nSPS) is 22.0. The van der Waals surface area contributed by atoms with Crippen LogP contribution >= 0.6 is 0 Å². The molecule has 6 unspecified atom stereocenters. The van der Waals surface area contributed by atoms with Crippen molar-refractivity contribution >= 4 is 59.5 Å². The number of carbonyl (C=O) groups is 7. The van der Waals surface area contributed by atoms with Gasteiger partial charge in [0.2, 0.25) is 11.6 Å². The zero-order valence-corrected chi connectivity index (χ0v) is 75.2. The molecule has 0 radical (unpaired) electrons. The predicted octanol–water partition coefficient (Wildman–Crippen LogP) is 18.1. The molecule has 0 saturated heterocycles. The molecular weight excluding hydrogens is 1670 g/mol. The lowest BCUT2D eigenvalue weighted by atomic mass is 9.82. The molecule has 9 aliphatic carbocycles. The van der Waals surface area contributed by atoms with Gasteiger partial charge < -0.3 is 14.2 Å². The van der Waals surface area contributed by atoms with Crippen molar-refractivity contribution in [2.45, 2.75) is 114 Å². The maximum atomic E-state index is 13.7. The van der Waals surface area contributed by atoms with E-state index in [1.54, 1.807) is 43.3 Å². The smallest absolute Gasteiger partial charge is 0.373 e. The average molecular weight is 1760 g/mol. The minimum Gasteiger partial charge on any atom is -0.469 e. The first kappa shape index (κ1) is 90.6. The lowest BCUT2D eigenvalue weighted by Gasteiger charge is -2.21. The highest BCUT2D eigenvalue weighted by Crippen LogP contribution is 2.92. The molecule has 9 aliphatic rings. The minimum absolute atomic E-state index is 0.0226. The molecule has 652 valence electrons. The van der Waals surface area contributed by atoms with Crippen LogP contribution in [-0.4, -0.2) is 80.8 Å². The number of methoxy groups -OCH3 is 3. The lowest BCUT2D eigenvalue weighted by Crippen LogP contribution is -2.28. The highest BCUT2D eigenvalue weighted by Gasteiger charge is 2.92. The van der Waals surface area contributed by atoms with E-state index in [9.17, 15) is 33.6 Å². The maximum Gasteiger partial charge on any atom is 0.373 e. The van der Waals surface area contributed by atoms with Crippen molar-refractivity contribution in [2.75, 3.05) is 21.3 Å². The van der Waals surface area contributed by atoms with Crippen LogP contribution in [-0.2, 0) is 73.6 Å². The van der Waals surface area contributed by atoms with Crippen LogP contribution in [0.3, 0.4) is 0 Å². The molecule has 3 saturated carbocycles. The van der Waals surface area contributed by atoms with Crippen molar-refractivity contribution < 1.29 is 76.5 Å². The van der Waals surface area contributed by atoms with Gasteiger partial charge in [0.05, 0.1) is 26.7 Å². The molecule has 21 rings (SSSR count). The van der Waals surface area contributed by atoms with Crippen molar-refractivity contribution in [1.29, 1.82) is 0 Å². The van der Waals surface area contributed by atoms with E-state index in [2.05, 4.69) is 146 Å². The van der Waals surface area contributed by atoms with Gasteiger partial charge in [0, 0.05) is 135 Å². The summed E-state index contributed by atoms with van der Waals surface area (Å²) in [6, 6.07) is 81.4. The molecular formula is C118H84O16. The highest BCUT2D eigenvalue weighted by molar-refractivity contribution is 6.49. The zero-order chi connectivity index (χ0) is 95.3. The number of esters is 3. The van der Waals surface area contributed by atoms with Gasteiger partial charge in [-0.2, -0.15) is 28.8 Å². The molecule has 0 heterocycles. The van der Waals surface area contributed by atoms with Gasteiger partial charge in [-0.3, -0.25) is 33.6 Å². The molecule has 12 atom stereocenters. The summed E-state index contributed by atoms with van der Waals surface area (Å²) >= 11 is 0. The third-order valence-electron chi connectivity index (χ3n) is 28.6. The van der Waals surface area contributed by atoms with E-state index >= 15 is 0 Å². The first-order valence-electron chi connectivity index (χ1n) is 43.3. The van der Waals surface area contributed by atoms with Gasteiger partial charge in [-0.15, -0.1) is 17.8 Å². The Labute approximate surface area is 775 Å². The second-order valence-electron chi connectivity index (χ2n) is 34.9. The van der Waals surface area contributed by atoms with Crippen LogP contribution in [0.25, 0.3) is 0 Å². The van der Waals surface area contributed by atoms with E-state index in [1.807, 2.05) is 198 Å². The monoisotopic (exact) mass is 1760 g/mol. The summed E-state index contributed by atoms with van der Waals surface area (Å²) in [5.41, 5.74) is 23.7. The maximum absolute atomic E-state index is 13.7. The molecule has 0 aliphatic heterocycles. The number of benzene rings is 12. The molecule has 3 fully saturated rings. The van der Waals surface area contributed by atoms with Gasteiger partial charge in [0.1, 0.15) is 10.8 Å².